The van der Waals surface area contributed by atoms with Crippen LogP contribution in [0, 0.1) is 6.92 Å². The van der Waals surface area contributed by atoms with Gasteiger partial charge in [0.15, 0.2) is 0 Å². The number of aryl methyl sites for hydroxylation is 1. The van der Waals surface area contributed by atoms with Gasteiger partial charge in [0.05, 0.1) is 18.8 Å². The van der Waals surface area contributed by atoms with Crippen molar-refractivity contribution in [2.45, 2.75) is 13.5 Å². The second-order valence-electron chi connectivity index (χ2n) is 3.11. The standard InChI is InChI=1S/C10H15N3O2/c1-7-10(15)9(5-12-3-2-11)8(6-14)4-13-7/h4-5,14-15H,2-3,6,11H2,1H3. The molecule has 0 saturated carbocycles. The summed E-state index contributed by atoms with van der Waals surface area (Å²) in [7, 11) is 0. The molecule has 0 spiro atoms. The molecule has 0 atom stereocenters. The molecule has 0 fully saturated rings. The summed E-state index contributed by atoms with van der Waals surface area (Å²) in [5, 5.41) is 18.8. The van der Waals surface area contributed by atoms with Crippen LogP contribution in [0.3, 0.4) is 0 Å². The molecule has 0 unspecified atom stereocenters. The number of rotatable bonds is 4. The van der Waals surface area contributed by atoms with E-state index in [-0.39, 0.29) is 12.4 Å². The average molecular weight is 209 g/mol. The maximum atomic E-state index is 9.71. The van der Waals surface area contributed by atoms with E-state index in [0.29, 0.717) is 29.9 Å². The van der Waals surface area contributed by atoms with Crippen molar-refractivity contribution in [3.63, 3.8) is 0 Å². The van der Waals surface area contributed by atoms with Crippen LogP contribution in [-0.2, 0) is 6.61 Å². The molecule has 1 aromatic heterocycles. The van der Waals surface area contributed by atoms with Gasteiger partial charge in [-0.15, -0.1) is 0 Å². The zero-order chi connectivity index (χ0) is 11.3. The minimum atomic E-state index is -0.176. The summed E-state index contributed by atoms with van der Waals surface area (Å²) >= 11 is 0. The first kappa shape index (κ1) is 11.6. The molecule has 5 nitrogen and oxygen atoms in total. The summed E-state index contributed by atoms with van der Waals surface area (Å²) in [6.45, 7) is 2.46. The van der Waals surface area contributed by atoms with Crippen molar-refractivity contribution in [3.05, 3.63) is 23.0 Å². The quantitative estimate of drug-likeness (QED) is 0.607. The van der Waals surface area contributed by atoms with Gasteiger partial charge in [-0.1, -0.05) is 0 Å². The summed E-state index contributed by atoms with van der Waals surface area (Å²) in [6, 6.07) is 0. The maximum absolute atomic E-state index is 9.71. The lowest BCUT2D eigenvalue weighted by molar-refractivity contribution is 0.280. The zero-order valence-corrected chi connectivity index (χ0v) is 8.64. The fraction of sp³-hybridized carbons (Fsp3) is 0.400. The lowest BCUT2D eigenvalue weighted by atomic mass is 10.1. The van der Waals surface area contributed by atoms with Gasteiger partial charge in [0.25, 0.3) is 0 Å². The molecule has 1 rings (SSSR count). The molecule has 0 aliphatic rings. The third-order valence-corrected chi connectivity index (χ3v) is 2.01. The first-order chi connectivity index (χ1) is 7.20. The lowest BCUT2D eigenvalue weighted by Gasteiger charge is -2.06. The summed E-state index contributed by atoms with van der Waals surface area (Å²) in [5.74, 6) is 0.0577. The SMILES string of the molecule is Cc1ncc(CO)c(C=NCCN)c1O. The minimum Gasteiger partial charge on any atom is -0.505 e. The van der Waals surface area contributed by atoms with Gasteiger partial charge in [0.1, 0.15) is 5.75 Å². The van der Waals surface area contributed by atoms with Crippen LogP contribution >= 0.6 is 0 Å². The van der Waals surface area contributed by atoms with Crippen LogP contribution in [0.25, 0.3) is 0 Å². The molecule has 15 heavy (non-hydrogen) atoms. The molecular weight excluding hydrogens is 194 g/mol. The zero-order valence-electron chi connectivity index (χ0n) is 8.64. The van der Waals surface area contributed by atoms with Crippen molar-refractivity contribution >= 4 is 6.21 Å². The number of aliphatic hydroxyl groups is 1. The van der Waals surface area contributed by atoms with Crippen LogP contribution in [-0.4, -0.2) is 34.5 Å². The molecule has 5 heteroatoms. The average Bonchev–Trinajstić information content (AvgIpc) is 2.25. The van der Waals surface area contributed by atoms with Crippen molar-refractivity contribution in [3.8, 4) is 5.75 Å². The molecule has 82 valence electrons. The lowest BCUT2D eigenvalue weighted by Crippen LogP contribution is -2.03. The fourth-order valence-corrected chi connectivity index (χ4v) is 1.15. The highest BCUT2D eigenvalue weighted by Gasteiger charge is 2.08. The summed E-state index contributed by atoms with van der Waals surface area (Å²) in [6.07, 6.45) is 3.04. The van der Waals surface area contributed by atoms with E-state index in [1.165, 1.54) is 12.4 Å². The van der Waals surface area contributed by atoms with E-state index in [2.05, 4.69) is 9.98 Å². The van der Waals surface area contributed by atoms with E-state index >= 15 is 0 Å². The second kappa shape index (κ2) is 5.43. The molecule has 0 aromatic carbocycles. The molecule has 1 heterocycles. The number of aromatic nitrogens is 1. The van der Waals surface area contributed by atoms with E-state index in [4.69, 9.17) is 10.8 Å². The number of aliphatic hydroxyl groups excluding tert-OH is 1. The number of hydrogen-bond acceptors (Lipinski definition) is 5. The second-order valence-corrected chi connectivity index (χ2v) is 3.11. The van der Waals surface area contributed by atoms with Crippen LogP contribution in [0.5, 0.6) is 5.75 Å². The van der Waals surface area contributed by atoms with Gasteiger partial charge in [-0.3, -0.25) is 9.98 Å². The molecule has 4 N–H and O–H groups in total. The number of aliphatic imine (C=N–C) groups is 1. The highest BCUT2D eigenvalue weighted by molar-refractivity contribution is 5.85. The molecular formula is C10H15N3O2. The number of nitrogens with two attached hydrogens (primary N) is 1. The topological polar surface area (TPSA) is 91.7 Å². The fourth-order valence-electron chi connectivity index (χ4n) is 1.15. The third kappa shape index (κ3) is 2.74. The molecule has 0 amide bonds. The van der Waals surface area contributed by atoms with E-state index in [0.717, 1.165) is 0 Å². The first-order valence-corrected chi connectivity index (χ1v) is 4.69. The van der Waals surface area contributed by atoms with Crippen LogP contribution in [0.15, 0.2) is 11.2 Å². The van der Waals surface area contributed by atoms with Gasteiger partial charge in [0.2, 0.25) is 0 Å². The van der Waals surface area contributed by atoms with Crippen molar-refractivity contribution < 1.29 is 10.2 Å². The Balaban J connectivity index is 3.06. The monoisotopic (exact) mass is 209 g/mol. The highest BCUT2D eigenvalue weighted by Crippen LogP contribution is 2.21. The predicted molar refractivity (Wildman–Crippen MR) is 58.1 cm³/mol. The number of nitrogens with zero attached hydrogens (tertiary/aromatic N) is 2. The Morgan fingerprint density at radius 2 is 2.33 bits per heavy atom. The van der Waals surface area contributed by atoms with Crippen molar-refractivity contribution in [1.82, 2.24) is 4.98 Å². The number of aromatic hydroxyl groups is 1. The van der Waals surface area contributed by atoms with Crippen molar-refractivity contribution in [2.75, 3.05) is 13.1 Å². The van der Waals surface area contributed by atoms with Gasteiger partial charge < -0.3 is 15.9 Å². The van der Waals surface area contributed by atoms with E-state index < -0.39 is 0 Å². The molecule has 0 saturated heterocycles. The van der Waals surface area contributed by atoms with Crippen LogP contribution < -0.4 is 5.73 Å². The maximum Gasteiger partial charge on any atom is 0.145 e. The minimum absolute atomic E-state index is 0.0577. The van der Waals surface area contributed by atoms with Gasteiger partial charge in [-0.05, 0) is 6.92 Å². The first-order valence-electron chi connectivity index (χ1n) is 4.69. The number of pyridine rings is 1. The summed E-state index contributed by atoms with van der Waals surface area (Å²) < 4.78 is 0. The molecule has 0 bridgehead atoms. The Hall–Kier alpha value is -1.46. The normalized spacial score (nSPS) is 11.1. The largest absolute Gasteiger partial charge is 0.505 e. The van der Waals surface area contributed by atoms with E-state index in [1.807, 2.05) is 0 Å². The highest BCUT2D eigenvalue weighted by atomic mass is 16.3. The van der Waals surface area contributed by atoms with Crippen LogP contribution in [0.4, 0.5) is 0 Å². The Labute approximate surface area is 88.3 Å². The molecule has 0 aliphatic heterocycles. The molecule has 0 radical (unpaired) electrons. The van der Waals surface area contributed by atoms with E-state index in [9.17, 15) is 5.11 Å². The Bertz CT molecular complexity index is 364. The van der Waals surface area contributed by atoms with Crippen molar-refractivity contribution in [2.24, 2.45) is 10.7 Å². The van der Waals surface area contributed by atoms with E-state index in [1.54, 1.807) is 6.92 Å². The van der Waals surface area contributed by atoms with Gasteiger partial charge in [-0.25, -0.2) is 0 Å². The van der Waals surface area contributed by atoms with Gasteiger partial charge in [-0.2, -0.15) is 0 Å². The molecule has 1 aromatic rings. The summed E-state index contributed by atoms with van der Waals surface area (Å²) in [5.41, 5.74) is 6.88. The Morgan fingerprint density at radius 3 is 2.93 bits per heavy atom. The van der Waals surface area contributed by atoms with Crippen LogP contribution in [0.2, 0.25) is 0 Å². The van der Waals surface area contributed by atoms with Crippen molar-refractivity contribution in [1.29, 1.82) is 0 Å². The Morgan fingerprint density at radius 1 is 1.60 bits per heavy atom. The third-order valence-electron chi connectivity index (χ3n) is 2.01. The van der Waals surface area contributed by atoms with Gasteiger partial charge >= 0.3 is 0 Å². The Kier molecular flexibility index (Phi) is 4.20. The molecule has 0 aliphatic carbocycles. The number of hydrogen-bond donors (Lipinski definition) is 3. The predicted octanol–water partition coefficient (Wildman–Crippen LogP) is -0.0345. The smallest absolute Gasteiger partial charge is 0.145 e. The van der Waals surface area contributed by atoms with Crippen LogP contribution in [0.1, 0.15) is 16.8 Å². The van der Waals surface area contributed by atoms with Gasteiger partial charge in [0, 0.05) is 30.1 Å². The summed E-state index contributed by atoms with van der Waals surface area (Å²) in [4.78, 5) is 7.96.